The first kappa shape index (κ1) is 15.2. The molecule has 0 bridgehead atoms. The number of hydrogen-bond acceptors (Lipinski definition) is 2. The zero-order valence-corrected chi connectivity index (χ0v) is 10.9. The number of nitrogens with one attached hydrogen (secondary N) is 1. The summed E-state index contributed by atoms with van der Waals surface area (Å²) < 4.78 is 12.9. The predicted molar refractivity (Wildman–Crippen MR) is 70.3 cm³/mol. The first-order valence-corrected chi connectivity index (χ1v) is 5.91. The molecule has 0 radical (unpaired) electrons. The quantitative estimate of drug-likeness (QED) is 0.816. The fraction of sp³-hybridized carbons (Fsp3) is 0.231. The molecule has 4 nitrogen and oxygen atoms in total. The first-order chi connectivity index (χ1) is 8.90. The van der Waals surface area contributed by atoms with E-state index in [-0.39, 0.29) is 11.6 Å². The van der Waals surface area contributed by atoms with Crippen LogP contribution in [0.1, 0.15) is 12.5 Å². The molecule has 1 rings (SSSR count). The second kappa shape index (κ2) is 6.89. The molecule has 0 fully saturated rings. The minimum Gasteiger partial charge on any atom is -0.481 e. The van der Waals surface area contributed by atoms with Crippen molar-refractivity contribution in [3.05, 3.63) is 40.7 Å². The van der Waals surface area contributed by atoms with Crippen molar-refractivity contribution in [1.82, 2.24) is 5.32 Å². The molecular weight excluding hydrogens is 273 g/mol. The molecule has 1 amide bonds. The maximum Gasteiger partial charge on any atom is 0.308 e. The van der Waals surface area contributed by atoms with E-state index in [9.17, 15) is 14.0 Å². The van der Waals surface area contributed by atoms with Crippen LogP contribution >= 0.6 is 11.6 Å². The van der Waals surface area contributed by atoms with Gasteiger partial charge >= 0.3 is 5.97 Å². The van der Waals surface area contributed by atoms with Gasteiger partial charge in [0.2, 0.25) is 5.91 Å². The monoisotopic (exact) mass is 285 g/mol. The Morgan fingerprint density at radius 1 is 1.53 bits per heavy atom. The van der Waals surface area contributed by atoms with Crippen molar-refractivity contribution in [2.75, 3.05) is 6.54 Å². The van der Waals surface area contributed by atoms with Crippen LogP contribution in [0, 0.1) is 11.7 Å². The predicted octanol–water partition coefficient (Wildman–Crippen LogP) is 2.33. The van der Waals surface area contributed by atoms with Crippen LogP contribution in [-0.2, 0) is 9.59 Å². The highest BCUT2D eigenvalue weighted by Gasteiger charge is 2.10. The van der Waals surface area contributed by atoms with E-state index in [0.29, 0.717) is 5.56 Å². The lowest BCUT2D eigenvalue weighted by Gasteiger charge is -2.05. The van der Waals surface area contributed by atoms with Crippen LogP contribution in [-0.4, -0.2) is 23.5 Å². The van der Waals surface area contributed by atoms with Gasteiger partial charge in [0.1, 0.15) is 5.82 Å². The van der Waals surface area contributed by atoms with Crippen LogP contribution in [0.4, 0.5) is 4.39 Å². The van der Waals surface area contributed by atoms with E-state index >= 15 is 0 Å². The number of amides is 1. The summed E-state index contributed by atoms with van der Waals surface area (Å²) in [4.78, 5) is 21.9. The van der Waals surface area contributed by atoms with Gasteiger partial charge in [0.25, 0.3) is 0 Å². The Morgan fingerprint density at radius 3 is 2.79 bits per heavy atom. The molecule has 0 spiro atoms. The van der Waals surface area contributed by atoms with Crippen molar-refractivity contribution in [2.24, 2.45) is 5.92 Å². The number of aliphatic carboxylic acids is 1. The van der Waals surface area contributed by atoms with E-state index in [4.69, 9.17) is 16.7 Å². The molecule has 0 aromatic heterocycles. The Bertz CT molecular complexity index is 517. The average molecular weight is 286 g/mol. The molecule has 0 saturated heterocycles. The number of halogens is 2. The standard InChI is InChI=1S/C13H13ClFNO3/c1-8(13(18)19)7-16-12(17)5-3-9-2-4-11(15)10(14)6-9/h2-6,8H,7H2,1H3,(H,16,17)(H,18,19). The molecule has 6 heteroatoms. The topological polar surface area (TPSA) is 66.4 Å². The van der Waals surface area contributed by atoms with Crippen LogP contribution in [0.25, 0.3) is 6.08 Å². The van der Waals surface area contributed by atoms with Gasteiger partial charge in [-0.2, -0.15) is 0 Å². The molecule has 19 heavy (non-hydrogen) atoms. The lowest BCUT2D eigenvalue weighted by Crippen LogP contribution is -2.30. The van der Waals surface area contributed by atoms with Crippen LogP contribution in [0.5, 0.6) is 0 Å². The van der Waals surface area contributed by atoms with E-state index in [1.807, 2.05) is 0 Å². The fourth-order valence-corrected chi connectivity index (χ4v) is 1.38. The molecule has 0 aliphatic rings. The smallest absolute Gasteiger partial charge is 0.308 e. The summed E-state index contributed by atoms with van der Waals surface area (Å²) in [6.45, 7) is 1.54. The highest BCUT2D eigenvalue weighted by atomic mass is 35.5. The molecule has 0 heterocycles. The summed E-state index contributed by atoms with van der Waals surface area (Å²) in [6.07, 6.45) is 2.70. The molecule has 1 atom stereocenters. The number of benzene rings is 1. The Hall–Kier alpha value is -1.88. The summed E-state index contributed by atoms with van der Waals surface area (Å²) in [5.74, 6) is -2.58. The van der Waals surface area contributed by atoms with Crippen molar-refractivity contribution in [1.29, 1.82) is 0 Å². The lowest BCUT2D eigenvalue weighted by molar-refractivity contribution is -0.141. The third-order valence-electron chi connectivity index (χ3n) is 2.37. The molecule has 1 aromatic carbocycles. The Kier molecular flexibility index (Phi) is 5.51. The minimum atomic E-state index is -0.977. The molecule has 0 aliphatic heterocycles. The number of carboxylic acid groups (broad SMARTS) is 1. The highest BCUT2D eigenvalue weighted by molar-refractivity contribution is 6.30. The van der Waals surface area contributed by atoms with Gasteiger partial charge in [-0.05, 0) is 23.8 Å². The van der Waals surface area contributed by atoms with Crippen LogP contribution < -0.4 is 5.32 Å². The Balaban J connectivity index is 2.54. The lowest BCUT2D eigenvalue weighted by atomic mass is 10.2. The minimum absolute atomic E-state index is 0.0259. The highest BCUT2D eigenvalue weighted by Crippen LogP contribution is 2.16. The first-order valence-electron chi connectivity index (χ1n) is 5.54. The van der Waals surface area contributed by atoms with Gasteiger partial charge in [0.05, 0.1) is 10.9 Å². The number of carboxylic acids is 1. The number of hydrogen-bond donors (Lipinski definition) is 2. The average Bonchev–Trinajstić information content (AvgIpc) is 2.37. The maximum absolute atomic E-state index is 12.9. The van der Waals surface area contributed by atoms with Crippen LogP contribution in [0.2, 0.25) is 5.02 Å². The summed E-state index contributed by atoms with van der Waals surface area (Å²) in [5.41, 5.74) is 0.577. The third kappa shape index (κ3) is 5.09. The van der Waals surface area contributed by atoms with Crippen molar-refractivity contribution in [3.63, 3.8) is 0 Å². The van der Waals surface area contributed by atoms with E-state index in [2.05, 4.69) is 5.32 Å². The van der Waals surface area contributed by atoms with E-state index < -0.39 is 23.6 Å². The molecular formula is C13H13ClFNO3. The number of carbonyl (C=O) groups is 2. The maximum atomic E-state index is 12.9. The van der Waals surface area contributed by atoms with Gasteiger partial charge in [-0.15, -0.1) is 0 Å². The zero-order valence-electron chi connectivity index (χ0n) is 10.2. The van der Waals surface area contributed by atoms with Crippen LogP contribution in [0.3, 0.4) is 0 Å². The van der Waals surface area contributed by atoms with Gasteiger partial charge < -0.3 is 10.4 Å². The second-order valence-corrected chi connectivity index (χ2v) is 4.40. The summed E-state index contributed by atoms with van der Waals surface area (Å²) in [7, 11) is 0. The number of rotatable bonds is 5. The van der Waals surface area contributed by atoms with Crippen molar-refractivity contribution < 1.29 is 19.1 Å². The van der Waals surface area contributed by atoms with Crippen LogP contribution in [0.15, 0.2) is 24.3 Å². The molecule has 0 aliphatic carbocycles. The Labute approximate surface area is 114 Å². The Morgan fingerprint density at radius 2 is 2.21 bits per heavy atom. The van der Waals surface area contributed by atoms with Crippen molar-refractivity contribution >= 4 is 29.6 Å². The summed E-state index contributed by atoms with van der Waals surface area (Å²) >= 11 is 5.59. The summed E-state index contributed by atoms with van der Waals surface area (Å²) in [6, 6.07) is 4.07. The van der Waals surface area contributed by atoms with Gasteiger partial charge in [0, 0.05) is 12.6 Å². The molecule has 1 aromatic rings. The molecule has 2 N–H and O–H groups in total. The molecule has 0 saturated carbocycles. The van der Waals surface area contributed by atoms with Gasteiger partial charge in [-0.3, -0.25) is 9.59 Å². The SMILES string of the molecule is CC(CNC(=O)C=Cc1ccc(F)c(Cl)c1)C(=O)O. The normalized spacial score (nSPS) is 12.4. The second-order valence-electron chi connectivity index (χ2n) is 3.99. The van der Waals surface area contributed by atoms with Gasteiger partial charge in [-0.25, -0.2) is 4.39 Å². The zero-order chi connectivity index (χ0) is 14.4. The number of carbonyl (C=O) groups excluding carboxylic acids is 1. The van der Waals surface area contributed by atoms with Crippen molar-refractivity contribution in [3.8, 4) is 0 Å². The summed E-state index contributed by atoms with van der Waals surface area (Å²) in [5, 5.41) is 11.1. The van der Waals surface area contributed by atoms with Gasteiger partial charge in [-0.1, -0.05) is 24.6 Å². The van der Waals surface area contributed by atoms with E-state index in [1.54, 1.807) is 0 Å². The molecule has 102 valence electrons. The fourth-order valence-electron chi connectivity index (χ4n) is 1.19. The van der Waals surface area contributed by atoms with E-state index in [1.165, 1.54) is 37.3 Å². The van der Waals surface area contributed by atoms with E-state index in [0.717, 1.165) is 0 Å². The largest absolute Gasteiger partial charge is 0.481 e. The molecule has 1 unspecified atom stereocenters. The van der Waals surface area contributed by atoms with Gasteiger partial charge in [0.15, 0.2) is 0 Å². The third-order valence-corrected chi connectivity index (χ3v) is 2.66. The van der Waals surface area contributed by atoms with Crippen molar-refractivity contribution in [2.45, 2.75) is 6.92 Å².